The number of hydrogen-bond acceptors (Lipinski definition) is 8. The number of rotatable bonds is 20. The van der Waals surface area contributed by atoms with Gasteiger partial charge in [0.2, 0.25) is 23.6 Å². The van der Waals surface area contributed by atoms with Crippen LogP contribution in [0.2, 0.25) is 0 Å². The fourth-order valence-corrected chi connectivity index (χ4v) is 5.11. The Morgan fingerprint density at radius 1 is 0.698 bits per heavy atom. The van der Waals surface area contributed by atoms with Crippen molar-refractivity contribution >= 4 is 35.6 Å². The van der Waals surface area contributed by atoms with E-state index in [1.165, 1.54) is 0 Å². The normalized spacial score (nSPS) is 12.7. The first kappa shape index (κ1) is 43.3. The Bertz CT molecular complexity index is 1590. The van der Waals surface area contributed by atoms with Crippen LogP contribution in [0.5, 0.6) is 0 Å². The third-order valence-corrected chi connectivity index (χ3v) is 7.82. The zero-order chi connectivity index (χ0) is 39.0. The minimum Gasteiger partial charge on any atom is -0.481 e. The molecule has 1 heterocycles. The van der Waals surface area contributed by atoms with E-state index in [-0.39, 0.29) is 31.9 Å². The molecule has 2 aromatic carbocycles. The van der Waals surface area contributed by atoms with Gasteiger partial charge in [-0.3, -0.25) is 33.9 Å². The van der Waals surface area contributed by atoms with Crippen LogP contribution in [0.25, 0.3) is 0 Å². The van der Waals surface area contributed by atoms with Crippen molar-refractivity contribution in [1.82, 2.24) is 26.3 Å². The molecule has 3 rings (SSSR count). The summed E-state index contributed by atoms with van der Waals surface area (Å²) in [6.45, 7) is 3.57. The Morgan fingerprint density at radius 3 is 1.74 bits per heavy atom. The van der Waals surface area contributed by atoms with Crippen molar-refractivity contribution in [1.29, 1.82) is 0 Å². The summed E-state index contributed by atoms with van der Waals surface area (Å²) in [4.78, 5) is 71.1. The van der Waals surface area contributed by atoms with Gasteiger partial charge in [-0.05, 0) is 54.5 Å². The van der Waals surface area contributed by atoms with Gasteiger partial charge in [-0.25, -0.2) is 0 Å². The van der Waals surface area contributed by atoms with Gasteiger partial charge in [0.05, 0.1) is 6.04 Å². The van der Waals surface area contributed by atoms with Gasteiger partial charge >= 0.3 is 0 Å². The average Bonchev–Trinajstić information content (AvgIpc) is 3.14. The molecule has 0 aliphatic heterocycles. The Labute approximate surface area is 310 Å². The highest BCUT2D eigenvalue weighted by molar-refractivity contribution is 5.95. The topological polar surface area (TPSA) is 257 Å². The number of amides is 4. The molecule has 0 radical (unpaired) electrons. The second-order valence-corrected chi connectivity index (χ2v) is 12.4. The molecule has 0 bridgehead atoms. The lowest BCUT2D eigenvalue weighted by atomic mass is 10.0. The van der Waals surface area contributed by atoms with Gasteiger partial charge in [-0.2, -0.15) is 0 Å². The van der Waals surface area contributed by atoms with Crippen LogP contribution in [0.4, 0.5) is 0 Å². The van der Waals surface area contributed by atoms with Gasteiger partial charge in [-0.1, -0.05) is 80.4 Å². The van der Waals surface area contributed by atoms with E-state index < -0.39 is 53.8 Å². The maximum absolute atomic E-state index is 13.8. The molecular formula is C38H53N9O6. The lowest BCUT2D eigenvalue weighted by Gasteiger charge is -2.26. The number of carboxylic acids is 1. The third-order valence-electron chi connectivity index (χ3n) is 7.82. The number of carbonyl (C=O) groups excluding carboxylic acids is 4. The van der Waals surface area contributed by atoms with Crippen molar-refractivity contribution in [3.8, 4) is 0 Å². The average molecular weight is 732 g/mol. The monoisotopic (exact) mass is 731 g/mol. The van der Waals surface area contributed by atoms with E-state index in [9.17, 15) is 19.2 Å². The van der Waals surface area contributed by atoms with Crippen molar-refractivity contribution in [2.75, 3.05) is 6.54 Å². The first-order chi connectivity index (χ1) is 25.4. The van der Waals surface area contributed by atoms with Crippen LogP contribution in [0.15, 0.2) is 90.2 Å². The Balaban J connectivity index is 0.00000231. The predicted molar refractivity (Wildman–Crippen MR) is 203 cm³/mol. The molecule has 4 atom stereocenters. The highest BCUT2D eigenvalue weighted by atomic mass is 16.4. The number of carbonyl (C=O) groups is 5. The van der Waals surface area contributed by atoms with Crippen molar-refractivity contribution in [3.63, 3.8) is 0 Å². The van der Waals surface area contributed by atoms with Crippen LogP contribution in [-0.4, -0.2) is 76.4 Å². The van der Waals surface area contributed by atoms with Crippen LogP contribution in [0, 0.1) is 0 Å². The summed E-state index contributed by atoms with van der Waals surface area (Å²) in [7, 11) is 0. The summed E-state index contributed by atoms with van der Waals surface area (Å²) in [5, 5.41) is 18.8. The maximum Gasteiger partial charge on any atom is 0.300 e. The molecule has 1 aromatic heterocycles. The molecule has 0 aliphatic carbocycles. The molecular weight excluding hydrogens is 678 g/mol. The summed E-state index contributed by atoms with van der Waals surface area (Å²) >= 11 is 0. The summed E-state index contributed by atoms with van der Waals surface area (Å²) in [5.41, 5.74) is 19.7. The van der Waals surface area contributed by atoms with E-state index in [0.29, 0.717) is 25.7 Å². The van der Waals surface area contributed by atoms with Crippen LogP contribution < -0.4 is 38.5 Å². The van der Waals surface area contributed by atoms with Gasteiger partial charge in [0.1, 0.15) is 18.1 Å². The number of guanidine groups is 1. The molecule has 0 aliphatic rings. The van der Waals surface area contributed by atoms with E-state index >= 15 is 0 Å². The maximum atomic E-state index is 13.8. The number of aromatic nitrogens is 1. The second kappa shape index (κ2) is 24.4. The molecule has 3 aromatic rings. The summed E-state index contributed by atoms with van der Waals surface area (Å²) < 4.78 is 0. The fourth-order valence-electron chi connectivity index (χ4n) is 5.11. The smallest absolute Gasteiger partial charge is 0.300 e. The Morgan fingerprint density at radius 2 is 1.19 bits per heavy atom. The SMILES string of the molecule is CC(=O)O.CCCC[C@@H](NC(=O)[C@@H](Cc1ccccc1)NC(=O)[C@H](N)Cc1ccccc1)C(=O)N[C@H](CCCN=C(N)N)C(=O)NCc1ccncc1. The first-order valence-corrected chi connectivity index (χ1v) is 17.6. The fraction of sp³-hybridized carbons (Fsp3) is 0.395. The molecule has 0 saturated heterocycles. The molecule has 0 spiro atoms. The lowest BCUT2D eigenvalue weighted by molar-refractivity contribution is -0.134. The standard InChI is InChI=1S/C36H49N9O4.C2H4O2/c1-2-3-15-30(34(48)43-29(16-10-19-41-36(38)39)33(47)42-24-27-17-20-40-21-18-27)44-35(49)31(23-26-13-8-5-9-14-26)45-32(46)28(37)22-25-11-6-4-7-12-25;1-2(3)4/h4-9,11-14,17-18,20-21,28-31H,2-3,10,15-16,19,22-24,37H2,1H3,(H,42,47)(H,43,48)(H,44,49)(H,45,46)(H4,38,39,41);1H3,(H,3,4)/t28-,29-,30-,31-;/m1./s1. The summed E-state index contributed by atoms with van der Waals surface area (Å²) in [5.74, 6) is -2.83. The second-order valence-electron chi connectivity index (χ2n) is 12.4. The number of benzene rings is 2. The van der Waals surface area contributed by atoms with Crippen LogP contribution in [-0.2, 0) is 43.4 Å². The number of nitrogens with two attached hydrogens (primary N) is 3. The number of aliphatic carboxylic acids is 1. The molecule has 4 amide bonds. The number of carboxylic acid groups (broad SMARTS) is 1. The lowest BCUT2D eigenvalue weighted by Crippen LogP contribution is -2.58. The molecule has 0 saturated carbocycles. The van der Waals surface area contributed by atoms with E-state index in [4.69, 9.17) is 27.1 Å². The van der Waals surface area contributed by atoms with Crippen LogP contribution in [0.1, 0.15) is 62.6 Å². The summed E-state index contributed by atoms with van der Waals surface area (Å²) in [6.07, 6.45) is 6.14. The van der Waals surface area contributed by atoms with Gasteiger partial charge < -0.3 is 43.6 Å². The van der Waals surface area contributed by atoms with E-state index in [1.807, 2.05) is 67.6 Å². The van der Waals surface area contributed by atoms with E-state index in [0.717, 1.165) is 30.0 Å². The van der Waals surface area contributed by atoms with Gasteiger partial charge in [0.15, 0.2) is 5.96 Å². The zero-order valence-corrected chi connectivity index (χ0v) is 30.4. The van der Waals surface area contributed by atoms with Crippen LogP contribution >= 0.6 is 0 Å². The van der Waals surface area contributed by atoms with E-state index in [1.54, 1.807) is 24.5 Å². The summed E-state index contributed by atoms with van der Waals surface area (Å²) in [6, 6.07) is 18.4. The van der Waals surface area contributed by atoms with Gasteiger partial charge in [0.25, 0.3) is 5.97 Å². The van der Waals surface area contributed by atoms with E-state index in [2.05, 4.69) is 31.2 Å². The van der Waals surface area contributed by atoms with Crippen LogP contribution in [0.3, 0.4) is 0 Å². The molecule has 53 heavy (non-hydrogen) atoms. The number of pyridine rings is 1. The zero-order valence-electron chi connectivity index (χ0n) is 30.4. The highest BCUT2D eigenvalue weighted by Gasteiger charge is 2.30. The molecule has 0 unspecified atom stereocenters. The first-order valence-electron chi connectivity index (χ1n) is 17.6. The molecule has 286 valence electrons. The van der Waals surface area contributed by atoms with Gasteiger partial charge in [-0.15, -0.1) is 0 Å². The number of nitrogens with zero attached hydrogens (tertiary/aromatic N) is 2. The minimum absolute atomic E-state index is 0.0664. The Hall–Kier alpha value is -5.83. The number of nitrogens with one attached hydrogen (secondary N) is 4. The molecule has 15 heteroatoms. The number of unbranched alkanes of at least 4 members (excludes halogenated alkanes) is 1. The van der Waals surface area contributed by atoms with Crippen molar-refractivity contribution < 1.29 is 29.1 Å². The number of hydrogen-bond donors (Lipinski definition) is 8. The predicted octanol–water partition coefficient (Wildman–Crippen LogP) is 1.30. The molecule has 11 N–H and O–H groups in total. The quantitative estimate of drug-likeness (QED) is 0.0469. The van der Waals surface area contributed by atoms with Gasteiger partial charge in [0, 0.05) is 38.8 Å². The largest absolute Gasteiger partial charge is 0.481 e. The molecule has 15 nitrogen and oxygen atoms in total. The van der Waals surface area contributed by atoms with Crippen molar-refractivity contribution in [2.45, 2.75) is 89.5 Å². The minimum atomic E-state index is -1.01. The highest BCUT2D eigenvalue weighted by Crippen LogP contribution is 2.09. The molecule has 0 fully saturated rings. The third kappa shape index (κ3) is 18.3. The number of aliphatic imine (C=N–C) groups is 1. The van der Waals surface area contributed by atoms with Crippen molar-refractivity contribution in [3.05, 3.63) is 102 Å². The van der Waals surface area contributed by atoms with Crippen molar-refractivity contribution in [2.24, 2.45) is 22.2 Å². The Kier molecular flexibility index (Phi) is 19.9.